The zero-order valence-corrected chi connectivity index (χ0v) is 46.1. The largest absolute Gasteiger partial charge is 0.479 e. The fourth-order valence-electron chi connectivity index (χ4n) is 16.8. The Hall–Kier alpha value is -1.71. The van der Waals surface area contributed by atoms with Crippen molar-refractivity contribution in [3.63, 3.8) is 0 Å². The van der Waals surface area contributed by atoms with Crippen molar-refractivity contribution in [3.8, 4) is 0 Å². The summed E-state index contributed by atoms with van der Waals surface area (Å²) in [5, 5.41) is 177. The molecule has 79 heavy (non-hydrogen) atoms. The van der Waals surface area contributed by atoms with Gasteiger partial charge < -0.3 is 120 Å². The summed E-state index contributed by atoms with van der Waals surface area (Å²) in [6, 6.07) is 0. The van der Waals surface area contributed by atoms with Gasteiger partial charge in [-0.05, 0) is 96.7 Å². The minimum Gasteiger partial charge on any atom is -0.479 e. The molecule has 5 aliphatic carbocycles. The highest BCUT2D eigenvalue weighted by Crippen LogP contribution is 2.76. The predicted molar refractivity (Wildman–Crippen MR) is 266 cm³/mol. The van der Waals surface area contributed by atoms with Crippen LogP contribution in [0.5, 0.6) is 0 Å². The molecule has 0 aromatic heterocycles. The van der Waals surface area contributed by atoms with Gasteiger partial charge >= 0.3 is 5.97 Å². The number of aliphatic hydroxyl groups excluding tert-OH is 15. The van der Waals surface area contributed by atoms with Crippen LogP contribution in [0.15, 0.2) is 11.6 Å². The lowest BCUT2D eigenvalue weighted by Crippen LogP contribution is -2.71. The SMILES string of the molecule is C[C@@H]1O[C@@H](O[C@H]2[C@H](O[C@H]3[C@H](O[C@H]4CC[C@]5(C)[C@H]6CC=C7[C@@H]8CC(C)(C)[C@@H](O)[C@H](O)[C@]8(CO)[C@H](O)C[C@@]7(C)[C@]6(C)CC[C@H]5C4(C)C)O[C@H](C(=O)O)[C@@H](O[C@@H]4O[C@H](CO)[C@@H](O)[C@H](O)[C@H]4O)[C@@H]3O)O[C@H](CO)[C@H](O)[C@@H]2O)[C@H](O)[C@H](O)[C@H]1O. The molecule has 8 fully saturated rings. The molecule has 25 nitrogen and oxygen atoms in total. The van der Waals surface area contributed by atoms with Gasteiger partial charge in [0.1, 0.15) is 85.5 Å². The number of allylic oxidation sites excluding steroid dienone is 2. The second-order valence-electron chi connectivity index (χ2n) is 26.5. The van der Waals surface area contributed by atoms with E-state index in [0.717, 1.165) is 5.57 Å². The lowest BCUT2D eigenvalue weighted by molar-refractivity contribution is -0.404. The first-order valence-corrected chi connectivity index (χ1v) is 28.0. The molecule has 4 aliphatic heterocycles. The van der Waals surface area contributed by atoms with Crippen molar-refractivity contribution < 1.29 is 124 Å². The van der Waals surface area contributed by atoms with Gasteiger partial charge in [0.15, 0.2) is 31.3 Å². The normalized spacial score (nSPS) is 55.3. The van der Waals surface area contributed by atoms with E-state index in [-0.39, 0.29) is 23.7 Å². The Morgan fingerprint density at radius 1 is 0.582 bits per heavy atom. The molecular formula is C54H88O25. The lowest BCUT2D eigenvalue weighted by atomic mass is 9.33. The molecule has 0 aromatic carbocycles. The van der Waals surface area contributed by atoms with Crippen LogP contribution < -0.4 is 0 Å². The zero-order valence-electron chi connectivity index (χ0n) is 46.1. The van der Waals surface area contributed by atoms with Crippen LogP contribution in [0.1, 0.15) is 100 Å². The van der Waals surface area contributed by atoms with Crippen molar-refractivity contribution in [1.82, 2.24) is 0 Å². The molecule has 0 unspecified atom stereocenters. The van der Waals surface area contributed by atoms with E-state index in [4.69, 9.17) is 37.9 Å². The van der Waals surface area contributed by atoms with Crippen LogP contribution in [0.3, 0.4) is 0 Å². The van der Waals surface area contributed by atoms with E-state index >= 15 is 0 Å². The van der Waals surface area contributed by atoms with Gasteiger partial charge in [-0.2, -0.15) is 0 Å². The minimum absolute atomic E-state index is 0.0369. The maximum Gasteiger partial charge on any atom is 0.335 e. The highest BCUT2D eigenvalue weighted by Gasteiger charge is 2.73. The minimum atomic E-state index is -2.20. The van der Waals surface area contributed by atoms with Crippen LogP contribution in [-0.2, 0) is 42.7 Å². The first-order valence-electron chi connectivity index (χ1n) is 28.0. The van der Waals surface area contributed by atoms with E-state index in [9.17, 15) is 86.5 Å². The number of hydrogen-bond donors (Lipinski definition) is 16. The molecule has 454 valence electrons. The van der Waals surface area contributed by atoms with Gasteiger partial charge in [-0.1, -0.05) is 60.1 Å². The number of carboxylic acids is 1. The average molecular weight is 1140 g/mol. The third-order valence-corrected chi connectivity index (χ3v) is 21.8. The number of aliphatic hydroxyl groups is 15. The van der Waals surface area contributed by atoms with Crippen LogP contribution >= 0.6 is 0 Å². The number of ether oxygens (including phenoxy) is 8. The fourth-order valence-corrected chi connectivity index (χ4v) is 16.8. The van der Waals surface area contributed by atoms with Crippen LogP contribution in [0, 0.1) is 50.2 Å². The molecule has 0 radical (unpaired) electrons. The fraction of sp³-hybridized carbons (Fsp3) is 0.944. The van der Waals surface area contributed by atoms with Gasteiger partial charge in [-0.25, -0.2) is 4.79 Å². The van der Waals surface area contributed by atoms with Crippen molar-refractivity contribution in [2.45, 2.75) is 248 Å². The van der Waals surface area contributed by atoms with Crippen LogP contribution in [0.2, 0.25) is 0 Å². The van der Waals surface area contributed by atoms with Gasteiger partial charge in [-0.3, -0.25) is 0 Å². The highest BCUT2D eigenvalue weighted by atomic mass is 16.8. The Balaban J connectivity index is 1.04. The Morgan fingerprint density at radius 2 is 1.13 bits per heavy atom. The van der Waals surface area contributed by atoms with Crippen molar-refractivity contribution in [2.75, 3.05) is 19.8 Å². The van der Waals surface area contributed by atoms with Crippen LogP contribution in [-0.4, -0.2) is 255 Å². The third kappa shape index (κ3) is 9.61. The van der Waals surface area contributed by atoms with Crippen LogP contribution in [0.4, 0.5) is 0 Å². The molecular weight excluding hydrogens is 1050 g/mol. The summed E-state index contributed by atoms with van der Waals surface area (Å²) in [4.78, 5) is 13.3. The molecule has 4 saturated carbocycles. The van der Waals surface area contributed by atoms with E-state index < -0.39 is 206 Å². The summed E-state index contributed by atoms with van der Waals surface area (Å²) >= 11 is 0. The monoisotopic (exact) mass is 1140 g/mol. The number of hydrogen-bond acceptors (Lipinski definition) is 24. The first kappa shape index (κ1) is 61.8. The highest BCUT2D eigenvalue weighted by molar-refractivity contribution is 5.73. The second kappa shape index (κ2) is 22.0. The molecule has 25 heteroatoms. The first-order chi connectivity index (χ1) is 36.8. The van der Waals surface area contributed by atoms with E-state index in [1.807, 2.05) is 27.7 Å². The summed E-state index contributed by atoms with van der Waals surface area (Å²) in [6.07, 6.45) is -36.0. The molecule has 0 bridgehead atoms. The topological polar surface area (TPSA) is 415 Å². The van der Waals surface area contributed by atoms with Crippen LogP contribution in [0.25, 0.3) is 0 Å². The van der Waals surface area contributed by atoms with E-state index in [0.29, 0.717) is 38.5 Å². The average Bonchev–Trinajstić information content (AvgIpc) is 3.56. The molecule has 31 atom stereocenters. The Morgan fingerprint density at radius 3 is 1.73 bits per heavy atom. The number of aliphatic carboxylic acids is 1. The summed E-state index contributed by atoms with van der Waals surface area (Å²) in [5.41, 5.74) is -3.14. The van der Waals surface area contributed by atoms with Gasteiger partial charge in [0, 0.05) is 0 Å². The molecule has 4 saturated heterocycles. The van der Waals surface area contributed by atoms with E-state index in [2.05, 4.69) is 26.8 Å². The molecule has 0 spiro atoms. The predicted octanol–water partition coefficient (Wildman–Crippen LogP) is -3.53. The summed E-state index contributed by atoms with van der Waals surface area (Å²) in [6.45, 7) is 13.6. The molecule has 9 aliphatic rings. The molecule has 0 amide bonds. The molecule has 4 heterocycles. The van der Waals surface area contributed by atoms with Crippen molar-refractivity contribution in [1.29, 1.82) is 0 Å². The zero-order chi connectivity index (χ0) is 58.2. The van der Waals surface area contributed by atoms with E-state index in [1.165, 1.54) is 6.92 Å². The van der Waals surface area contributed by atoms with Crippen molar-refractivity contribution >= 4 is 5.97 Å². The molecule has 9 rings (SSSR count). The number of carboxylic acid groups (broad SMARTS) is 1. The van der Waals surface area contributed by atoms with Gasteiger partial charge in [0.05, 0.1) is 55.8 Å². The van der Waals surface area contributed by atoms with E-state index in [1.54, 1.807) is 0 Å². The maximum atomic E-state index is 13.3. The summed E-state index contributed by atoms with van der Waals surface area (Å²) in [5.74, 6) is -2.17. The van der Waals surface area contributed by atoms with Gasteiger partial charge in [-0.15, -0.1) is 0 Å². The van der Waals surface area contributed by atoms with Gasteiger partial charge in [0.25, 0.3) is 0 Å². The Labute approximate surface area is 458 Å². The quantitative estimate of drug-likeness (QED) is 0.0665. The Kier molecular flexibility index (Phi) is 17.2. The summed E-state index contributed by atoms with van der Waals surface area (Å²) < 4.78 is 48.6. The Bertz CT molecular complexity index is 2200. The summed E-state index contributed by atoms with van der Waals surface area (Å²) in [7, 11) is 0. The smallest absolute Gasteiger partial charge is 0.335 e. The maximum absolute atomic E-state index is 13.3. The number of rotatable bonds is 12. The number of carbonyl (C=O) groups is 1. The molecule has 0 aromatic rings. The lowest BCUT2D eigenvalue weighted by Gasteiger charge is -2.72. The third-order valence-electron chi connectivity index (χ3n) is 21.8. The molecule has 16 N–H and O–H groups in total. The number of fused-ring (bicyclic) bond motifs is 7. The van der Waals surface area contributed by atoms with Crippen molar-refractivity contribution in [2.24, 2.45) is 50.2 Å². The van der Waals surface area contributed by atoms with Gasteiger partial charge in [0.2, 0.25) is 0 Å². The standard InChI is InChI=1S/C54H88O25/c1-20-29(59)32(62)35(65)45(72-20)77-39-34(64)31(61)24(18-56)74-47(39)78-40-37(67)38(76-46-36(66)33(63)30(60)23(17-55)73-46)41(44(70)71)79-48(40)75-28-12-13-51(6)25(50(28,4)5)11-14-52(7)26(51)10-9-21-22-15-49(2,3)42(68)43(69)54(22,19-57)27(58)16-53(21,52)8/h9,20,22-43,45-48,55-69H,10-19H2,1-8H3,(H,70,71)/t20-,22-,23+,24+,25-,26+,27+,28-,29-,30+,31-,32+,33-,34-,35+,36+,37-,38-,39+,40+,41-,42-,43-,45-,46-,47-,48+,51-,52+,53+,54-/m0/s1. The second-order valence-corrected chi connectivity index (χ2v) is 26.5. The van der Waals surface area contributed by atoms with Crippen molar-refractivity contribution in [3.05, 3.63) is 11.6 Å².